The smallest absolute Gasteiger partial charge is 0.169 e. The monoisotopic (exact) mass is 410 g/mol. The number of nitrogens with zero attached hydrogens (tertiary/aromatic N) is 2. The van der Waals surface area contributed by atoms with Crippen molar-refractivity contribution in [2.75, 3.05) is 19.0 Å². The first-order chi connectivity index (χ1) is 13.7. The van der Waals surface area contributed by atoms with Gasteiger partial charge in [0, 0.05) is 31.9 Å². The highest BCUT2D eigenvalue weighted by Crippen LogP contribution is 2.14. The fourth-order valence-corrected chi connectivity index (χ4v) is 3.24. The molecule has 0 spiro atoms. The molecule has 0 aliphatic heterocycles. The molecular weight excluding hydrogens is 384 g/mol. The minimum absolute atomic E-state index is 0.139. The largest absolute Gasteiger partial charge is 0.744 e. The number of hydrogen-bond donors (Lipinski definition) is 0. The lowest BCUT2D eigenvalue weighted by Gasteiger charge is -2.11. The van der Waals surface area contributed by atoms with E-state index in [1.807, 2.05) is 11.6 Å². The number of aryl methyl sites for hydroxylation is 2. The highest BCUT2D eigenvalue weighted by molar-refractivity contribution is 7.85. The highest BCUT2D eigenvalue weighted by atomic mass is 32.2. The third-order valence-electron chi connectivity index (χ3n) is 4.24. The van der Waals surface area contributed by atoms with Crippen LogP contribution in [0.25, 0.3) is 12.2 Å². The molecule has 1 aromatic heterocycles. The maximum atomic E-state index is 10.5. The average Bonchev–Trinajstić information content (AvgIpc) is 2.68. The average molecular weight is 411 g/mol. The quantitative estimate of drug-likeness (QED) is 0.487. The number of anilines is 1. The SMILES string of the molecule is CN(C)c1ccc(/C=C/c2cc[n+](C)cc2)cc1.Cc1ccccc1S(=O)(=O)[O-]. The molecule has 0 bridgehead atoms. The maximum absolute atomic E-state index is 10.5. The molecule has 0 amide bonds. The molecule has 0 saturated carbocycles. The van der Waals surface area contributed by atoms with Gasteiger partial charge < -0.3 is 9.45 Å². The van der Waals surface area contributed by atoms with E-state index in [0.29, 0.717) is 5.56 Å². The van der Waals surface area contributed by atoms with E-state index >= 15 is 0 Å². The number of aromatic nitrogens is 1. The number of hydrogen-bond acceptors (Lipinski definition) is 4. The molecule has 0 fully saturated rings. The summed E-state index contributed by atoms with van der Waals surface area (Å²) in [6.45, 7) is 1.59. The number of rotatable bonds is 4. The standard InChI is InChI=1S/C16H19N2.C7H8O3S/c1-17(2)16-8-6-14(7-9-16)4-5-15-10-12-18(3)13-11-15;1-6-4-2-3-5-7(6)11(8,9)10/h4-13H,1-3H3;2-5H,1H3,(H,8,9,10)/q+1;/p-1. The molecule has 29 heavy (non-hydrogen) atoms. The molecule has 2 aromatic carbocycles. The van der Waals surface area contributed by atoms with Gasteiger partial charge in [0.15, 0.2) is 12.4 Å². The molecular formula is C23H26N2O3S. The molecule has 3 aromatic rings. The van der Waals surface area contributed by atoms with E-state index < -0.39 is 10.1 Å². The van der Waals surface area contributed by atoms with Crippen LogP contribution in [0.5, 0.6) is 0 Å². The Morgan fingerprint density at radius 2 is 1.38 bits per heavy atom. The Labute approximate surface area is 173 Å². The topological polar surface area (TPSA) is 64.3 Å². The summed E-state index contributed by atoms with van der Waals surface area (Å²) in [5, 5.41) is 0. The Kier molecular flexibility index (Phi) is 7.70. The first kappa shape index (κ1) is 22.3. The van der Waals surface area contributed by atoms with E-state index in [4.69, 9.17) is 0 Å². The van der Waals surface area contributed by atoms with Gasteiger partial charge in [0.1, 0.15) is 17.2 Å². The zero-order valence-electron chi connectivity index (χ0n) is 17.1. The van der Waals surface area contributed by atoms with Gasteiger partial charge in [-0.2, -0.15) is 0 Å². The van der Waals surface area contributed by atoms with Crippen LogP contribution in [0, 0.1) is 6.92 Å². The molecule has 0 aliphatic rings. The van der Waals surface area contributed by atoms with E-state index in [0.717, 1.165) is 0 Å². The molecule has 0 unspecified atom stereocenters. The van der Waals surface area contributed by atoms with Crippen LogP contribution in [-0.2, 0) is 17.2 Å². The van der Waals surface area contributed by atoms with Gasteiger partial charge in [-0.05, 0) is 41.8 Å². The van der Waals surface area contributed by atoms with E-state index in [2.05, 4.69) is 79.9 Å². The van der Waals surface area contributed by atoms with Gasteiger partial charge >= 0.3 is 0 Å². The molecule has 0 saturated heterocycles. The van der Waals surface area contributed by atoms with E-state index in [-0.39, 0.29) is 4.90 Å². The minimum Gasteiger partial charge on any atom is -0.744 e. The third-order valence-corrected chi connectivity index (χ3v) is 5.24. The number of benzene rings is 2. The summed E-state index contributed by atoms with van der Waals surface area (Å²) in [6, 6.07) is 18.8. The van der Waals surface area contributed by atoms with Crippen LogP contribution >= 0.6 is 0 Å². The first-order valence-corrected chi connectivity index (χ1v) is 10.5. The second-order valence-electron chi connectivity index (χ2n) is 6.84. The Morgan fingerprint density at radius 1 is 0.862 bits per heavy atom. The highest BCUT2D eigenvalue weighted by Gasteiger charge is 2.02. The normalized spacial score (nSPS) is 11.1. The molecule has 152 valence electrons. The molecule has 5 nitrogen and oxygen atoms in total. The zero-order valence-corrected chi connectivity index (χ0v) is 17.9. The molecule has 0 radical (unpaired) electrons. The van der Waals surface area contributed by atoms with Gasteiger partial charge in [-0.3, -0.25) is 0 Å². The predicted molar refractivity (Wildman–Crippen MR) is 116 cm³/mol. The fourth-order valence-electron chi connectivity index (χ4n) is 2.54. The second kappa shape index (κ2) is 10.0. The van der Waals surface area contributed by atoms with E-state index in [1.165, 1.54) is 28.9 Å². The summed E-state index contributed by atoms with van der Waals surface area (Å²) in [5.74, 6) is 0. The summed E-state index contributed by atoms with van der Waals surface area (Å²) in [6.07, 6.45) is 8.36. The van der Waals surface area contributed by atoms with Crippen molar-refractivity contribution in [3.63, 3.8) is 0 Å². The maximum Gasteiger partial charge on any atom is 0.169 e. The van der Waals surface area contributed by atoms with Crippen molar-refractivity contribution < 1.29 is 17.5 Å². The van der Waals surface area contributed by atoms with E-state index in [1.54, 1.807) is 19.1 Å². The van der Waals surface area contributed by atoms with Crippen molar-refractivity contribution in [2.24, 2.45) is 7.05 Å². The lowest BCUT2D eigenvalue weighted by Crippen LogP contribution is -2.25. The lowest BCUT2D eigenvalue weighted by atomic mass is 10.1. The molecule has 0 atom stereocenters. The minimum atomic E-state index is -4.28. The molecule has 6 heteroatoms. The van der Waals surface area contributed by atoms with Gasteiger partial charge in [-0.1, -0.05) is 42.5 Å². The van der Waals surface area contributed by atoms with Crippen molar-refractivity contribution >= 4 is 28.0 Å². The van der Waals surface area contributed by atoms with Crippen molar-refractivity contribution in [1.29, 1.82) is 0 Å². The summed E-state index contributed by atoms with van der Waals surface area (Å²) in [7, 11) is 1.84. The van der Waals surface area contributed by atoms with Gasteiger partial charge in [0.05, 0.1) is 4.90 Å². The molecule has 0 N–H and O–H groups in total. The van der Waals surface area contributed by atoms with Crippen molar-refractivity contribution in [2.45, 2.75) is 11.8 Å². The summed E-state index contributed by atoms with van der Waals surface area (Å²) >= 11 is 0. The van der Waals surface area contributed by atoms with Crippen LogP contribution in [0.4, 0.5) is 5.69 Å². The lowest BCUT2D eigenvalue weighted by molar-refractivity contribution is -0.671. The van der Waals surface area contributed by atoms with Crippen molar-refractivity contribution in [3.05, 3.63) is 89.7 Å². The Hall–Kier alpha value is -2.96. The first-order valence-electron chi connectivity index (χ1n) is 9.09. The molecule has 3 rings (SSSR count). The van der Waals surface area contributed by atoms with Gasteiger partial charge in [-0.15, -0.1) is 0 Å². The Morgan fingerprint density at radius 3 is 1.83 bits per heavy atom. The van der Waals surface area contributed by atoms with Gasteiger partial charge in [0.25, 0.3) is 0 Å². The Balaban J connectivity index is 0.000000234. The molecule has 1 heterocycles. The van der Waals surface area contributed by atoms with Crippen LogP contribution in [0.1, 0.15) is 16.7 Å². The number of pyridine rings is 1. The van der Waals surface area contributed by atoms with Crippen molar-refractivity contribution in [1.82, 2.24) is 0 Å². The zero-order chi connectivity index (χ0) is 21.4. The van der Waals surface area contributed by atoms with Gasteiger partial charge in [-0.25, -0.2) is 13.0 Å². The Bertz CT molecular complexity index is 1060. The third kappa shape index (κ3) is 7.18. The van der Waals surface area contributed by atoms with Crippen LogP contribution in [0.2, 0.25) is 0 Å². The van der Waals surface area contributed by atoms with Crippen LogP contribution in [0.15, 0.2) is 78.0 Å². The van der Waals surface area contributed by atoms with Crippen LogP contribution in [-0.4, -0.2) is 27.1 Å². The van der Waals surface area contributed by atoms with Crippen molar-refractivity contribution in [3.8, 4) is 0 Å². The predicted octanol–water partition coefficient (Wildman–Crippen LogP) is 3.65. The van der Waals surface area contributed by atoms with E-state index in [9.17, 15) is 13.0 Å². The summed E-state index contributed by atoms with van der Waals surface area (Å²) in [5.41, 5.74) is 4.14. The summed E-state index contributed by atoms with van der Waals surface area (Å²) in [4.78, 5) is 1.96. The second-order valence-corrected chi connectivity index (χ2v) is 8.18. The fraction of sp³-hybridized carbons (Fsp3) is 0.174. The van der Waals surface area contributed by atoms with Gasteiger partial charge in [0.2, 0.25) is 0 Å². The van der Waals surface area contributed by atoms with Crippen LogP contribution in [0.3, 0.4) is 0 Å². The van der Waals surface area contributed by atoms with Crippen LogP contribution < -0.4 is 9.47 Å². The summed E-state index contributed by atoms with van der Waals surface area (Å²) < 4.78 is 33.5. The molecule has 0 aliphatic carbocycles.